The van der Waals surface area contributed by atoms with E-state index in [4.69, 9.17) is 18.0 Å². The van der Waals surface area contributed by atoms with E-state index in [2.05, 4.69) is 4.72 Å². The van der Waals surface area contributed by atoms with E-state index in [1.54, 1.807) is 12.1 Å². The number of nitrogens with two attached hydrogens (primary N) is 1. The molecule has 0 radical (unpaired) electrons. The zero-order chi connectivity index (χ0) is 13.9. The first-order valence-electron chi connectivity index (χ1n) is 6.12. The molecule has 7 heteroatoms. The number of hydrogen-bond acceptors (Lipinski definition) is 3. The van der Waals surface area contributed by atoms with Crippen molar-refractivity contribution in [3.63, 3.8) is 0 Å². The fraction of sp³-hybridized carbons (Fsp3) is 0.417. The summed E-state index contributed by atoms with van der Waals surface area (Å²) in [5.41, 5.74) is 7.13. The fourth-order valence-corrected chi connectivity index (χ4v) is 3.43. The second-order valence-corrected chi connectivity index (χ2v) is 6.69. The van der Waals surface area contributed by atoms with Crippen molar-refractivity contribution < 1.29 is 8.42 Å². The smallest absolute Gasteiger partial charge is 0.279 e. The van der Waals surface area contributed by atoms with Crippen molar-refractivity contribution in [2.45, 2.75) is 19.4 Å². The van der Waals surface area contributed by atoms with Gasteiger partial charge in [-0.25, -0.2) is 0 Å². The van der Waals surface area contributed by atoms with Crippen LogP contribution >= 0.6 is 12.2 Å². The molecule has 104 valence electrons. The van der Waals surface area contributed by atoms with Gasteiger partial charge in [0.15, 0.2) is 0 Å². The minimum Gasteiger partial charge on any atom is -0.389 e. The Bertz CT molecular complexity index is 566. The van der Waals surface area contributed by atoms with E-state index in [1.807, 2.05) is 12.1 Å². The van der Waals surface area contributed by atoms with Crippen LogP contribution in [0.4, 0.5) is 0 Å². The Morgan fingerprint density at radius 3 is 2.68 bits per heavy atom. The van der Waals surface area contributed by atoms with Crippen LogP contribution in [0.3, 0.4) is 0 Å². The lowest BCUT2D eigenvalue weighted by molar-refractivity contribution is 0.464. The first kappa shape index (κ1) is 14.4. The lowest BCUT2D eigenvalue weighted by atomic mass is 10.1. The molecule has 1 aliphatic rings. The molecule has 0 atom stereocenters. The van der Waals surface area contributed by atoms with Gasteiger partial charge in [0.05, 0.1) is 0 Å². The van der Waals surface area contributed by atoms with E-state index in [9.17, 15) is 8.42 Å². The van der Waals surface area contributed by atoms with Crippen molar-refractivity contribution in [2.24, 2.45) is 5.73 Å². The summed E-state index contributed by atoms with van der Waals surface area (Å²) in [6.45, 7) is 1.44. The van der Waals surface area contributed by atoms with Crippen LogP contribution in [-0.4, -0.2) is 30.8 Å². The standard InChI is InChI=1S/C12H17N3O2S2/c13-12(18)11-5-3-4-10(8-11)9-14-19(16,17)15-6-1-2-7-15/h3-5,8,14H,1-2,6-7,9H2,(H2,13,18). The molecule has 0 amide bonds. The number of nitrogens with one attached hydrogen (secondary N) is 1. The monoisotopic (exact) mass is 299 g/mol. The van der Waals surface area contributed by atoms with Gasteiger partial charge in [0, 0.05) is 25.2 Å². The summed E-state index contributed by atoms with van der Waals surface area (Å²) in [5, 5.41) is 0. The topological polar surface area (TPSA) is 75.4 Å². The van der Waals surface area contributed by atoms with E-state index < -0.39 is 10.2 Å². The molecule has 3 N–H and O–H groups in total. The SMILES string of the molecule is NC(=S)c1cccc(CNS(=O)(=O)N2CCCC2)c1. The average molecular weight is 299 g/mol. The van der Waals surface area contributed by atoms with Crippen LogP contribution in [0.15, 0.2) is 24.3 Å². The molecule has 1 aromatic carbocycles. The summed E-state index contributed by atoms with van der Waals surface area (Å²) in [6, 6.07) is 7.26. The van der Waals surface area contributed by atoms with E-state index in [0.717, 1.165) is 24.0 Å². The normalized spacial score (nSPS) is 16.6. The Kier molecular flexibility index (Phi) is 4.51. The Labute approximate surface area is 119 Å². The summed E-state index contributed by atoms with van der Waals surface area (Å²) in [5.74, 6) is 0. The second-order valence-electron chi connectivity index (χ2n) is 4.50. The van der Waals surface area contributed by atoms with Crippen LogP contribution in [0.1, 0.15) is 24.0 Å². The minimum atomic E-state index is -3.37. The van der Waals surface area contributed by atoms with Crippen molar-refractivity contribution >= 4 is 27.4 Å². The largest absolute Gasteiger partial charge is 0.389 e. The Hall–Kier alpha value is -1.02. The van der Waals surface area contributed by atoms with Crippen molar-refractivity contribution in [3.8, 4) is 0 Å². The zero-order valence-corrected chi connectivity index (χ0v) is 12.1. The van der Waals surface area contributed by atoms with Gasteiger partial charge >= 0.3 is 0 Å². The third kappa shape index (κ3) is 3.73. The van der Waals surface area contributed by atoms with Crippen LogP contribution in [0.25, 0.3) is 0 Å². The van der Waals surface area contributed by atoms with Gasteiger partial charge < -0.3 is 5.73 Å². The highest BCUT2D eigenvalue weighted by molar-refractivity contribution is 7.87. The number of thiocarbonyl (C=S) groups is 1. The van der Waals surface area contributed by atoms with Crippen molar-refractivity contribution in [1.29, 1.82) is 0 Å². The maximum absolute atomic E-state index is 12.0. The highest BCUT2D eigenvalue weighted by Crippen LogP contribution is 2.12. The van der Waals surface area contributed by atoms with Crippen LogP contribution in [0, 0.1) is 0 Å². The molecule has 1 saturated heterocycles. The summed E-state index contributed by atoms with van der Waals surface area (Å²) in [4.78, 5) is 0.309. The molecule has 2 rings (SSSR count). The molecule has 5 nitrogen and oxygen atoms in total. The van der Waals surface area contributed by atoms with Gasteiger partial charge in [0.25, 0.3) is 10.2 Å². The molecule has 0 unspecified atom stereocenters. The molecule has 0 spiro atoms. The predicted molar refractivity (Wildman–Crippen MR) is 78.9 cm³/mol. The summed E-state index contributed by atoms with van der Waals surface area (Å²) in [6.07, 6.45) is 1.86. The third-order valence-corrected chi connectivity index (χ3v) is 4.86. The van der Waals surface area contributed by atoms with Crippen molar-refractivity contribution in [3.05, 3.63) is 35.4 Å². The van der Waals surface area contributed by atoms with Gasteiger partial charge in [0.1, 0.15) is 4.99 Å². The lowest BCUT2D eigenvalue weighted by Crippen LogP contribution is -2.38. The molecule has 1 aromatic rings. The predicted octanol–water partition coefficient (Wildman–Crippen LogP) is 0.751. The number of benzene rings is 1. The van der Waals surface area contributed by atoms with Gasteiger partial charge in [-0.15, -0.1) is 0 Å². The summed E-state index contributed by atoms with van der Waals surface area (Å²) >= 11 is 4.90. The Morgan fingerprint density at radius 1 is 1.37 bits per heavy atom. The third-order valence-electron chi connectivity index (χ3n) is 3.08. The zero-order valence-electron chi connectivity index (χ0n) is 10.5. The maximum Gasteiger partial charge on any atom is 0.279 e. The van der Waals surface area contributed by atoms with Gasteiger partial charge in [-0.05, 0) is 24.5 Å². The van der Waals surface area contributed by atoms with Gasteiger partial charge in [-0.1, -0.05) is 30.4 Å². The summed E-state index contributed by atoms with van der Waals surface area (Å²) < 4.78 is 28.1. The number of hydrogen-bond donors (Lipinski definition) is 2. The molecule has 0 aromatic heterocycles. The highest BCUT2D eigenvalue weighted by Gasteiger charge is 2.24. The van der Waals surface area contributed by atoms with Gasteiger partial charge in [-0.3, -0.25) is 0 Å². The lowest BCUT2D eigenvalue weighted by Gasteiger charge is -2.16. The van der Waals surface area contributed by atoms with Crippen LogP contribution in [-0.2, 0) is 16.8 Å². The molecular formula is C12H17N3O2S2. The van der Waals surface area contributed by atoms with Crippen LogP contribution < -0.4 is 10.5 Å². The van der Waals surface area contributed by atoms with Crippen LogP contribution in [0.2, 0.25) is 0 Å². The minimum absolute atomic E-state index is 0.245. The quantitative estimate of drug-likeness (QED) is 0.787. The molecule has 19 heavy (non-hydrogen) atoms. The number of nitrogens with zero attached hydrogens (tertiary/aromatic N) is 1. The van der Waals surface area contributed by atoms with Crippen molar-refractivity contribution in [1.82, 2.24) is 9.03 Å². The first-order valence-corrected chi connectivity index (χ1v) is 7.97. The second kappa shape index (κ2) is 5.96. The Morgan fingerprint density at radius 2 is 2.05 bits per heavy atom. The van der Waals surface area contributed by atoms with Gasteiger partial charge in [-0.2, -0.15) is 17.4 Å². The van der Waals surface area contributed by atoms with E-state index in [0.29, 0.717) is 18.1 Å². The van der Waals surface area contributed by atoms with E-state index >= 15 is 0 Å². The van der Waals surface area contributed by atoms with E-state index in [1.165, 1.54) is 4.31 Å². The Balaban J connectivity index is 2.02. The molecule has 1 aliphatic heterocycles. The molecule has 1 fully saturated rings. The molecule has 0 bridgehead atoms. The first-order chi connectivity index (χ1) is 8.99. The van der Waals surface area contributed by atoms with Crippen LogP contribution in [0.5, 0.6) is 0 Å². The average Bonchev–Trinajstić information content (AvgIpc) is 2.91. The molecule has 1 heterocycles. The molecule has 0 aliphatic carbocycles. The van der Waals surface area contributed by atoms with Crippen molar-refractivity contribution in [2.75, 3.05) is 13.1 Å². The maximum atomic E-state index is 12.0. The number of rotatable bonds is 5. The fourth-order valence-electron chi connectivity index (χ4n) is 2.03. The molecule has 0 saturated carbocycles. The summed E-state index contributed by atoms with van der Waals surface area (Å²) in [7, 11) is -3.37. The van der Waals surface area contributed by atoms with Gasteiger partial charge in [0.2, 0.25) is 0 Å². The molecular weight excluding hydrogens is 282 g/mol. The highest BCUT2D eigenvalue weighted by atomic mass is 32.2. The van der Waals surface area contributed by atoms with E-state index in [-0.39, 0.29) is 6.54 Å².